The molecule has 2 aliphatic heterocycles. The summed E-state index contributed by atoms with van der Waals surface area (Å²) in [7, 11) is 0. The molecule has 2 amide bonds. The van der Waals surface area contributed by atoms with E-state index < -0.39 is 0 Å². The molecule has 2 N–H and O–H groups in total. The summed E-state index contributed by atoms with van der Waals surface area (Å²) in [5, 5.41) is 6.29. The van der Waals surface area contributed by atoms with E-state index in [1.165, 1.54) is 12.8 Å². The third-order valence-corrected chi connectivity index (χ3v) is 5.74. The van der Waals surface area contributed by atoms with Crippen LogP contribution in [0.2, 0.25) is 0 Å². The van der Waals surface area contributed by atoms with Gasteiger partial charge in [0.1, 0.15) is 5.75 Å². The SMILES string of the molecule is O=C(NC1CCN(C2CC2)CC1)N[C@@H]1CCOc2ccc(Br)cc21. The Bertz CT molecular complexity index is 612. The number of carbonyl (C=O) groups is 1. The first kappa shape index (κ1) is 16.2. The van der Waals surface area contributed by atoms with Gasteiger partial charge in [-0.25, -0.2) is 4.79 Å². The molecule has 0 aromatic heterocycles. The van der Waals surface area contributed by atoms with Gasteiger partial charge in [-0.15, -0.1) is 0 Å². The fourth-order valence-corrected chi connectivity index (χ4v) is 4.13. The Hall–Kier alpha value is -1.27. The lowest BCUT2D eigenvalue weighted by atomic mass is 10.0. The van der Waals surface area contributed by atoms with Crippen LogP contribution in [0, 0.1) is 0 Å². The van der Waals surface area contributed by atoms with Crippen LogP contribution >= 0.6 is 15.9 Å². The van der Waals surface area contributed by atoms with Crippen molar-refractivity contribution in [2.75, 3.05) is 19.7 Å². The van der Waals surface area contributed by atoms with E-state index in [4.69, 9.17) is 4.74 Å². The second-order valence-corrected chi connectivity index (χ2v) is 7.95. The number of likely N-dealkylation sites (tertiary alicyclic amines) is 1. The molecule has 2 fully saturated rings. The molecule has 5 nitrogen and oxygen atoms in total. The van der Waals surface area contributed by atoms with E-state index in [-0.39, 0.29) is 12.1 Å². The first-order chi connectivity index (χ1) is 11.7. The number of rotatable bonds is 3. The van der Waals surface area contributed by atoms with E-state index in [1.54, 1.807) is 0 Å². The minimum atomic E-state index is -0.0577. The lowest BCUT2D eigenvalue weighted by molar-refractivity contribution is 0.183. The number of ether oxygens (including phenoxy) is 1. The number of fused-ring (bicyclic) bond motifs is 1. The van der Waals surface area contributed by atoms with Crippen LogP contribution in [0.25, 0.3) is 0 Å². The second kappa shape index (κ2) is 6.92. The summed E-state index contributed by atoms with van der Waals surface area (Å²) in [4.78, 5) is 15.0. The number of amides is 2. The minimum Gasteiger partial charge on any atom is -0.493 e. The molecule has 1 atom stereocenters. The van der Waals surface area contributed by atoms with Gasteiger partial charge in [0.25, 0.3) is 0 Å². The second-order valence-electron chi connectivity index (χ2n) is 7.03. The van der Waals surface area contributed by atoms with Crippen molar-refractivity contribution < 1.29 is 9.53 Å². The minimum absolute atomic E-state index is 0.0119. The summed E-state index contributed by atoms with van der Waals surface area (Å²) in [5.41, 5.74) is 1.05. The van der Waals surface area contributed by atoms with E-state index in [0.717, 1.165) is 54.2 Å². The molecule has 0 bridgehead atoms. The summed E-state index contributed by atoms with van der Waals surface area (Å²) < 4.78 is 6.69. The Balaban J connectivity index is 1.31. The molecule has 1 saturated heterocycles. The molecule has 1 aromatic carbocycles. The van der Waals surface area contributed by atoms with Gasteiger partial charge in [0, 0.05) is 41.6 Å². The summed E-state index contributed by atoms with van der Waals surface area (Å²) in [6.07, 6.45) is 5.63. The van der Waals surface area contributed by atoms with Gasteiger partial charge in [-0.2, -0.15) is 0 Å². The number of urea groups is 1. The molecular weight excluding hydrogens is 370 g/mol. The van der Waals surface area contributed by atoms with Crippen molar-refractivity contribution in [3.05, 3.63) is 28.2 Å². The van der Waals surface area contributed by atoms with E-state index in [9.17, 15) is 4.79 Å². The van der Waals surface area contributed by atoms with Crippen LogP contribution in [0.3, 0.4) is 0 Å². The van der Waals surface area contributed by atoms with Crippen LogP contribution in [0.1, 0.15) is 43.7 Å². The normalized spacial score (nSPS) is 24.8. The molecule has 0 spiro atoms. The van der Waals surface area contributed by atoms with Gasteiger partial charge in [0.2, 0.25) is 0 Å². The van der Waals surface area contributed by atoms with Crippen LogP contribution in [-0.4, -0.2) is 42.7 Å². The molecule has 1 saturated carbocycles. The van der Waals surface area contributed by atoms with Crippen LogP contribution in [-0.2, 0) is 0 Å². The molecule has 0 unspecified atom stereocenters. The molecule has 0 radical (unpaired) electrons. The van der Waals surface area contributed by atoms with E-state index in [0.29, 0.717) is 12.6 Å². The fraction of sp³-hybridized carbons (Fsp3) is 0.611. The summed E-state index contributed by atoms with van der Waals surface area (Å²) in [6, 6.07) is 7.04. The summed E-state index contributed by atoms with van der Waals surface area (Å²) >= 11 is 3.50. The fourth-order valence-electron chi connectivity index (χ4n) is 3.75. The Morgan fingerprint density at radius 1 is 1.12 bits per heavy atom. The molecule has 6 heteroatoms. The van der Waals surface area contributed by atoms with Crippen LogP contribution in [0.5, 0.6) is 5.75 Å². The smallest absolute Gasteiger partial charge is 0.315 e. The Morgan fingerprint density at radius 3 is 2.67 bits per heavy atom. The van der Waals surface area contributed by atoms with Crippen molar-refractivity contribution in [1.82, 2.24) is 15.5 Å². The van der Waals surface area contributed by atoms with Crippen LogP contribution < -0.4 is 15.4 Å². The third kappa shape index (κ3) is 3.70. The van der Waals surface area contributed by atoms with Gasteiger partial charge >= 0.3 is 6.03 Å². The lowest BCUT2D eigenvalue weighted by Gasteiger charge is -2.33. The van der Waals surface area contributed by atoms with Crippen molar-refractivity contribution in [1.29, 1.82) is 0 Å². The van der Waals surface area contributed by atoms with Crippen LogP contribution in [0.15, 0.2) is 22.7 Å². The number of halogens is 1. The monoisotopic (exact) mass is 393 g/mol. The van der Waals surface area contributed by atoms with Gasteiger partial charge < -0.3 is 20.3 Å². The number of piperidine rings is 1. The Labute approximate surface area is 151 Å². The number of carbonyl (C=O) groups excluding carboxylic acids is 1. The molecule has 4 rings (SSSR count). The Kier molecular flexibility index (Phi) is 4.68. The predicted octanol–water partition coefficient (Wildman–Crippen LogP) is 3.20. The maximum atomic E-state index is 12.4. The molecule has 1 aliphatic carbocycles. The van der Waals surface area contributed by atoms with Crippen molar-refractivity contribution in [3.63, 3.8) is 0 Å². The van der Waals surface area contributed by atoms with Gasteiger partial charge in [-0.05, 0) is 43.9 Å². The first-order valence-corrected chi connectivity index (χ1v) is 9.71. The molecule has 1 aromatic rings. The Morgan fingerprint density at radius 2 is 1.92 bits per heavy atom. The topological polar surface area (TPSA) is 53.6 Å². The number of benzene rings is 1. The van der Waals surface area contributed by atoms with E-state index in [1.807, 2.05) is 18.2 Å². The highest BCUT2D eigenvalue weighted by atomic mass is 79.9. The van der Waals surface area contributed by atoms with Crippen molar-refractivity contribution in [3.8, 4) is 5.75 Å². The maximum Gasteiger partial charge on any atom is 0.315 e. The van der Waals surface area contributed by atoms with Crippen molar-refractivity contribution >= 4 is 22.0 Å². The average molecular weight is 394 g/mol. The van der Waals surface area contributed by atoms with E-state index >= 15 is 0 Å². The molecule has 3 aliphatic rings. The molecule has 24 heavy (non-hydrogen) atoms. The van der Waals surface area contributed by atoms with Crippen molar-refractivity contribution in [2.45, 2.75) is 50.2 Å². The highest BCUT2D eigenvalue weighted by molar-refractivity contribution is 9.10. The lowest BCUT2D eigenvalue weighted by Crippen LogP contribution is -2.49. The molecule has 130 valence electrons. The van der Waals surface area contributed by atoms with Crippen LogP contribution in [0.4, 0.5) is 4.79 Å². The standard InChI is InChI=1S/C18H24BrN3O2/c19-12-1-4-17-15(11-12)16(7-10-24-17)21-18(23)20-13-5-8-22(9-6-13)14-2-3-14/h1,4,11,13-14,16H,2-3,5-10H2,(H2,20,21,23)/t16-/m1/s1. The quantitative estimate of drug-likeness (QED) is 0.828. The highest BCUT2D eigenvalue weighted by Crippen LogP contribution is 2.34. The zero-order chi connectivity index (χ0) is 16.5. The molecular formula is C18H24BrN3O2. The zero-order valence-electron chi connectivity index (χ0n) is 13.8. The van der Waals surface area contributed by atoms with Gasteiger partial charge in [0.05, 0.1) is 12.6 Å². The van der Waals surface area contributed by atoms with E-state index in [2.05, 4.69) is 31.5 Å². The summed E-state index contributed by atoms with van der Waals surface area (Å²) in [6.45, 7) is 2.87. The van der Waals surface area contributed by atoms with Gasteiger partial charge in [-0.1, -0.05) is 15.9 Å². The third-order valence-electron chi connectivity index (χ3n) is 5.24. The van der Waals surface area contributed by atoms with Gasteiger partial charge in [-0.3, -0.25) is 0 Å². The number of hydrogen-bond donors (Lipinski definition) is 2. The maximum absolute atomic E-state index is 12.4. The molecule has 2 heterocycles. The van der Waals surface area contributed by atoms with Crippen molar-refractivity contribution in [2.24, 2.45) is 0 Å². The largest absolute Gasteiger partial charge is 0.493 e. The van der Waals surface area contributed by atoms with Gasteiger partial charge in [0.15, 0.2) is 0 Å². The predicted molar refractivity (Wildman–Crippen MR) is 96.3 cm³/mol. The highest BCUT2D eigenvalue weighted by Gasteiger charge is 2.32. The number of nitrogens with zero attached hydrogens (tertiary/aromatic N) is 1. The zero-order valence-corrected chi connectivity index (χ0v) is 15.3. The number of nitrogens with one attached hydrogen (secondary N) is 2. The average Bonchev–Trinajstić information content (AvgIpc) is 3.41. The first-order valence-electron chi connectivity index (χ1n) is 8.92. The number of hydrogen-bond acceptors (Lipinski definition) is 3. The summed E-state index contributed by atoms with van der Waals surface area (Å²) in [5.74, 6) is 0.868.